The highest BCUT2D eigenvalue weighted by Gasteiger charge is 2.14. The lowest BCUT2D eigenvalue weighted by Gasteiger charge is -2.19. The van der Waals surface area contributed by atoms with E-state index in [9.17, 15) is 18.0 Å². The zero-order valence-electron chi connectivity index (χ0n) is 12.5. The lowest BCUT2D eigenvalue weighted by Crippen LogP contribution is -2.39. The van der Waals surface area contributed by atoms with Crippen molar-refractivity contribution in [1.82, 2.24) is 10.1 Å². The van der Waals surface area contributed by atoms with Crippen LogP contribution in [0.3, 0.4) is 0 Å². The summed E-state index contributed by atoms with van der Waals surface area (Å²) < 4.78 is 44.4. The summed E-state index contributed by atoms with van der Waals surface area (Å²) in [7, 11) is 5.66. The van der Waals surface area contributed by atoms with E-state index in [1.165, 1.54) is 4.81 Å². The summed E-state index contributed by atoms with van der Waals surface area (Å²) in [6, 6.07) is 0.867. The SMILES string of the molecule is [B]N(CCN[C@H](C)C(=O)OCC)Cc1cc(F)cc(F)c1F. The molecule has 0 amide bonds. The lowest BCUT2D eigenvalue weighted by molar-refractivity contribution is -0.145. The topological polar surface area (TPSA) is 41.6 Å². The number of rotatable bonds is 8. The summed E-state index contributed by atoms with van der Waals surface area (Å²) in [6.07, 6.45) is 0. The predicted octanol–water partition coefficient (Wildman–Crippen LogP) is 1.53. The molecule has 0 aromatic heterocycles. The molecule has 1 rings (SSSR count). The molecule has 1 aromatic carbocycles. The average Bonchev–Trinajstić information content (AvgIpc) is 2.44. The maximum absolute atomic E-state index is 13.5. The Bertz CT molecular complexity index is 517. The Kier molecular flexibility index (Phi) is 7.40. The van der Waals surface area contributed by atoms with Gasteiger partial charge >= 0.3 is 5.97 Å². The smallest absolute Gasteiger partial charge is 0.322 e. The highest BCUT2D eigenvalue weighted by atomic mass is 19.2. The fraction of sp³-hybridized carbons (Fsp3) is 0.500. The monoisotopic (exact) mass is 314 g/mol. The van der Waals surface area contributed by atoms with Crippen molar-refractivity contribution in [2.24, 2.45) is 0 Å². The molecule has 0 saturated carbocycles. The molecule has 8 heteroatoms. The average molecular weight is 314 g/mol. The van der Waals surface area contributed by atoms with Crippen LogP contribution in [0, 0.1) is 17.5 Å². The first kappa shape index (κ1) is 18.5. The Labute approximate surface area is 129 Å². The van der Waals surface area contributed by atoms with Crippen molar-refractivity contribution in [3.63, 3.8) is 0 Å². The van der Waals surface area contributed by atoms with Crippen molar-refractivity contribution < 1.29 is 22.7 Å². The molecule has 0 fully saturated rings. The van der Waals surface area contributed by atoms with Gasteiger partial charge in [0.1, 0.15) is 11.9 Å². The van der Waals surface area contributed by atoms with Crippen molar-refractivity contribution in [2.45, 2.75) is 26.4 Å². The third-order valence-corrected chi connectivity index (χ3v) is 2.93. The first-order valence-electron chi connectivity index (χ1n) is 6.88. The van der Waals surface area contributed by atoms with Crippen LogP contribution >= 0.6 is 0 Å². The van der Waals surface area contributed by atoms with Gasteiger partial charge in [0.2, 0.25) is 0 Å². The normalized spacial score (nSPS) is 12.5. The minimum atomic E-state index is -1.25. The number of hydrogen-bond acceptors (Lipinski definition) is 4. The van der Waals surface area contributed by atoms with Crippen molar-refractivity contribution >= 4 is 14.0 Å². The quantitative estimate of drug-likeness (QED) is 0.449. The molecule has 22 heavy (non-hydrogen) atoms. The van der Waals surface area contributed by atoms with E-state index < -0.39 is 23.5 Å². The van der Waals surface area contributed by atoms with E-state index in [-0.39, 0.29) is 31.2 Å². The zero-order valence-corrected chi connectivity index (χ0v) is 12.5. The van der Waals surface area contributed by atoms with Gasteiger partial charge in [0.05, 0.1) is 6.61 Å². The Morgan fingerprint density at radius 3 is 2.73 bits per heavy atom. The number of benzene rings is 1. The summed E-state index contributed by atoms with van der Waals surface area (Å²) in [5.74, 6) is -3.62. The third kappa shape index (κ3) is 5.69. The molecule has 1 aromatic rings. The summed E-state index contributed by atoms with van der Waals surface area (Å²) in [4.78, 5) is 12.6. The number of ether oxygens (including phenoxy) is 1. The second-order valence-corrected chi connectivity index (χ2v) is 4.76. The van der Waals surface area contributed by atoms with E-state index >= 15 is 0 Å². The number of hydrogen-bond donors (Lipinski definition) is 1. The van der Waals surface area contributed by atoms with Crippen LogP contribution < -0.4 is 5.32 Å². The molecule has 1 atom stereocenters. The van der Waals surface area contributed by atoms with Gasteiger partial charge in [-0.2, -0.15) is 0 Å². The lowest BCUT2D eigenvalue weighted by atomic mass is 10.1. The van der Waals surface area contributed by atoms with Crippen LogP contribution in [0.4, 0.5) is 13.2 Å². The van der Waals surface area contributed by atoms with Crippen LogP contribution in [0.25, 0.3) is 0 Å². The Morgan fingerprint density at radius 1 is 1.41 bits per heavy atom. The van der Waals surface area contributed by atoms with Gasteiger partial charge in [0.25, 0.3) is 0 Å². The van der Waals surface area contributed by atoms with Crippen LogP contribution in [-0.2, 0) is 16.1 Å². The highest BCUT2D eigenvalue weighted by molar-refractivity contribution is 6.04. The molecule has 1 N–H and O–H groups in total. The molecule has 0 heterocycles. The molecule has 0 spiro atoms. The van der Waals surface area contributed by atoms with Gasteiger partial charge in [0.15, 0.2) is 19.6 Å². The summed E-state index contributed by atoms with van der Waals surface area (Å²) in [5, 5.41) is 2.88. The van der Waals surface area contributed by atoms with Crippen LogP contribution in [0.2, 0.25) is 0 Å². The van der Waals surface area contributed by atoms with Crippen molar-refractivity contribution in [3.8, 4) is 0 Å². The molecule has 120 valence electrons. The summed E-state index contributed by atoms with van der Waals surface area (Å²) >= 11 is 0. The fourth-order valence-electron chi connectivity index (χ4n) is 1.80. The molecule has 0 aliphatic rings. The molecular weight excluding hydrogens is 296 g/mol. The second-order valence-electron chi connectivity index (χ2n) is 4.76. The number of nitrogens with one attached hydrogen (secondary N) is 1. The molecule has 2 radical (unpaired) electrons. The van der Waals surface area contributed by atoms with Gasteiger partial charge < -0.3 is 14.9 Å². The molecular formula is C14H18BF3N2O2. The molecule has 0 aliphatic heterocycles. The Balaban J connectivity index is 2.44. The van der Waals surface area contributed by atoms with E-state index in [4.69, 9.17) is 12.7 Å². The van der Waals surface area contributed by atoms with E-state index in [1.54, 1.807) is 13.8 Å². The van der Waals surface area contributed by atoms with Gasteiger partial charge in [0, 0.05) is 24.7 Å². The fourth-order valence-corrected chi connectivity index (χ4v) is 1.80. The van der Waals surface area contributed by atoms with Crippen LogP contribution in [0.5, 0.6) is 0 Å². The Morgan fingerprint density at radius 2 is 2.09 bits per heavy atom. The Hall–Kier alpha value is -1.54. The first-order valence-corrected chi connectivity index (χ1v) is 6.88. The van der Waals surface area contributed by atoms with E-state index in [1.807, 2.05) is 0 Å². The van der Waals surface area contributed by atoms with Crippen LogP contribution in [0.1, 0.15) is 19.4 Å². The largest absolute Gasteiger partial charge is 0.465 e. The zero-order chi connectivity index (χ0) is 16.7. The van der Waals surface area contributed by atoms with Gasteiger partial charge in [-0.05, 0) is 26.5 Å². The number of nitrogens with zero attached hydrogens (tertiary/aromatic N) is 1. The van der Waals surface area contributed by atoms with E-state index in [2.05, 4.69) is 5.32 Å². The van der Waals surface area contributed by atoms with Crippen molar-refractivity contribution in [2.75, 3.05) is 19.7 Å². The van der Waals surface area contributed by atoms with E-state index in [0.29, 0.717) is 12.6 Å². The number of halogens is 3. The van der Waals surface area contributed by atoms with Crippen LogP contribution in [-0.4, -0.2) is 44.5 Å². The van der Waals surface area contributed by atoms with E-state index in [0.717, 1.165) is 6.07 Å². The second kappa shape index (κ2) is 8.80. The minimum Gasteiger partial charge on any atom is -0.465 e. The third-order valence-electron chi connectivity index (χ3n) is 2.93. The number of carbonyl (C=O) groups excluding carboxylic acids is 1. The maximum Gasteiger partial charge on any atom is 0.322 e. The standard InChI is InChI=1S/C14H18BF3N2O2/c1-3-22-14(21)9(2)19-4-5-20(15)8-10-6-11(16)7-12(17)13(10)18/h6-7,9,19H,3-5,8H2,1-2H3/t9-/m1/s1. The number of esters is 1. The maximum atomic E-state index is 13.5. The van der Waals surface area contributed by atoms with Gasteiger partial charge in [-0.3, -0.25) is 4.79 Å². The predicted molar refractivity (Wildman–Crippen MR) is 76.6 cm³/mol. The molecule has 0 unspecified atom stereocenters. The number of carbonyl (C=O) groups is 1. The molecule has 0 bridgehead atoms. The first-order chi connectivity index (χ1) is 10.3. The molecule has 0 saturated heterocycles. The van der Waals surface area contributed by atoms with Crippen molar-refractivity contribution in [3.05, 3.63) is 35.1 Å². The van der Waals surface area contributed by atoms with Crippen LogP contribution in [0.15, 0.2) is 12.1 Å². The van der Waals surface area contributed by atoms with Gasteiger partial charge in [-0.25, -0.2) is 13.2 Å². The van der Waals surface area contributed by atoms with Gasteiger partial charge in [-0.1, -0.05) is 0 Å². The molecule has 4 nitrogen and oxygen atoms in total. The van der Waals surface area contributed by atoms with Gasteiger partial charge in [-0.15, -0.1) is 0 Å². The van der Waals surface area contributed by atoms with Crippen molar-refractivity contribution in [1.29, 1.82) is 0 Å². The minimum absolute atomic E-state index is 0.157. The highest BCUT2D eigenvalue weighted by Crippen LogP contribution is 2.15. The molecule has 0 aliphatic carbocycles. The summed E-state index contributed by atoms with van der Waals surface area (Å²) in [5.41, 5.74) is -0.168. The summed E-state index contributed by atoms with van der Waals surface area (Å²) in [6.45, 7) is 4.06.